The van der Waals surface area contributed by atoms with Gasteiger partial charge >= 0.3 is 0 Å². The Kier molecular flexibility index (Phi) is 3.87. The number of benzene rings is 2. The molecule has 2 aromatic carbocycles. The van der Waals surface area contributed by atoms with Crippen LogP contribution in [0.3, 0.4) is 0 Å². The topological polar surface area (TPSA) is 74.0 Å². The number of carbonyl (C=O) groups excluding carboxylic acids is 1. The number of hydrogen-bond donors (Lipinski definition) is 2. The average Bonchev–Trinajstić information content (AvgIpc) is 3.51. The smallest absolute Gasteiger partial charge is 0.252 e. The second-order valence-electron chi connectivity index (χ2n) is 10.9. The van der Waals surface area contributed by atoms with Crippen molar-refractivity contribution < 1.29 is 19.6 Å². The highest BCUT2D eigenvalue weighted by Crippen LogP contribution is 2.53. The highest BCUT2D eigenvalue weighted by Gasteiger charge is 2.55. The number of quaternary nitrogens is 1. The Labute approximate surface area is 203 Å². The van der Waals surface area contributed by atoms with E-state index in [4.69, 9.17) is 9.47 Å². The largest absolute Gasteiger partial charge is 0.370 e. The number of rotatable bonds is 2. The molecule has 7 nitrogen and oxygen atoms in total. The van der Waals surface area contributed by atoms with Gasteiger partial charge in [-0.3, -0.25) is 4.79 Å². The van der Waals surface area contributed by atoms with Crippen molar-refractivity contribution in [1.29, 1.82) is 0 Å². The van der Waals surface area contributed by atoms with Crippen molar-refractivity contribution >= 4 is 38.6 Å². The first-order valence-corrected chi connectivity index (χ1v) is 13.0. The molecule has 4 aliphatic rings. The predicted molar refractivity (Wildman–Crippen MR) is 134 cm³/mol. The lowest BCUT2D eigenvalue weighted by atomic mass is 9.90. The molecule has 1 aliphatic carbocycles. The number of para-hydroxylation sites is 1. The molecule has 0 unspecified atom stereocenters. The van der Waals surface area contributed by atoms with Crippen LogP contribution in [-0.4, -0.2) is 41.3 Å². The molecular weight excluding hydrogens is 440 g/mol. The number of nitrogens with one attached hydrogen (secondary N) is 1. The van der Waals surface area contributed by atoms with Crippen molar-refractivity contribution in [1.82, 2.24) is 14.5 Å². The number of ether oxygens (including phenoxy) is 2. The minimum atomic E-state index is -0.687. The standard InChI is InChI=1S/C28H30N4O3/c1-28-26(34-3)17(29-2)12-20(35-28)31-18-10-6-4-8-14(18)22-23-16(13-30-27(23)33)21-15-9-5-7-11-19(15)32(28)25(21)24(22)31/h5,7,9,11,17,20,26,29H,4,6,8,10,12-13H2,1-3H3,(H,30,33)/p+1/t17-,20-,26-,28+/m1/s1. The summed E-state index contributed by atoms with van der Waals surface area (Å²) in [5.41, 5.74) is 7.64. The number of aromatic nitrogens is 2. The van der Waals surface area contributed by atoms with E-state index in [-0.39, 0.29) is 24.3 Å². The highest BCUT2D eigenvalue weighted by molar-refractivity contribution is 6.26. The molecule has 2 bridgehead atoms. The Morgan fingerprint density at radius 3 is 2.80 bits per heavy atom. The van der Waals surface area contributed by atoms with Crippen LogP contribution in [0.25, 0.3) is 32.7 Å². The summed E-state index contributed by atoms with van der Waals surface area (Å²) in [5, 5.41) is 9.02. The molecule has 0 spiro atoms. The number of amides is 1. The number of aryl methyl sites for hydroxylation is 1. The summed E-state index contributed by atoms with van der Waals surface area (Å²) in [6.45, 7) is 2.78. The van der Waals surface area contributed by atoms with Crippen molar-refractivity contribution in [2.24, 2.45) is 0 Å². The van der Waals surface area contributed by atoms with Crippen LogP contribution in [-0.2, 0) is 34.6 Å². The summed E-state index contributed by atoms with van der Waals surface area (Å²) >= 11 is 0. The van der Waals surface area contributed by atoms with Gasteiger partial charge in [0.15, 0.2) is 11.8 Å². The fraction of sp³-hybridized carbons (Fsp3) is 0.464. The van der Waals surface area contributed by atoms with Crippen LogP contribution < -0.4 is 10.6 Å². The van der Waals surface area contributed by atoms with Crippen molar-refractivity contribution in [3.8, 4) is 0 Å². The van der Waals surface area contributed by atoms with Gasteiger partial charge in [0.25, 0.3) is 5.91 Å². The van der Waals surface area contributed by atoms with Gasteiger partial charge in [-0.05, 0) is 49.8 Å². The number of nitrogens with two attached hydrogens (primary N) is 1. The fourth-order valence-electron chi connectivity index (χ4n) is 8.02. The first kappa shape index (κ1) is 20.3. The monoisotopic (exact) mass is 471 g/mol. The molecule has 0 radical (unpaired) electrons. The van der Waals surface area contributed by atoms with Crippen LogP contribution in [0.2, 0.25) is 0 Å². The summed E-state index contributed by atoms with van der Waals surface area (Å²) in [5.74, 6) is 0.0677. The van der Waals surface area contributed by atoms with E-state index in [0.717, 1.165) is 35.9 Å². The second kappa shape index (κ2) is 6.66. The van der Waals surface area contributed by atoms with Gasteiger partial charge in [0, 0.05) is 41.9 Å². The maximum absolute atomic E-state index is 13.4. The molecule has 7 heteroatoms. The van der Waals surface area contributed by atoms with E-state index in [1.165, 1.54) is 51.3 Å². The van der Waals surface area contributed by atoms with Gasteiger partial charge in [-0.2, -0.15) is 0 Å². The Hall–Kier alpha value is -2.87. The zero-order chi connectivity index (χ0) is 23.6. The van der Waals surface area contributed by atoms with Gasteiger partial charge in [-0.25, -0.2) is 0 Å². The van der Waals surface area contributed by atoms with Crippen molar-refractivity contribution in [2.45, 2.75) is 69.7 Å². The molecule has 4 aromatic rings. The third-order valence-corrected chi connectivity index (χ3v) is 9.29. The van der Waals surface area contributed by atoms with Crippen molar-refractivity contribution in [2.75, 3.05) is 14.2 Å². The molecule has 0 saturated carbocycles. The van der Waals surface area contributed by atoms with Gasteiger partial charge < -0.3 is 29.2 Å². The van der Waals surface area contributed by atoms with Crippen LogP contribution in [0.15, 0.2) is 24.3 Å². The van der Waals surface area contributed by atoms with Gasteiger partial charge in [0.2, 0.25) is 0 Å². The number of fused-ring (bicyclic) bond motifs is 13. The molecule has 8 rings (SSSR count). The molecule has 4 atom stereocenters. The Balaban J connectivity index is 1.68. The third kappa shape index (κ3) is 2.22. The molecule has 3 N–H and O–H groups in total. The van der Waals surface area contributed by atoms with Gasteiger partial charge in [-0.1, -0.05) is 18.2 Å². The number of nitrogens with zero attached hydrogens (tertiary/aromatic N) is 2. The molecular formula is C28H31N4O3+. The highest BCUT2D eigenvalue weighted by atomic mass is 16.6. The third-order valence-electron chi connectivity index (χ3n) is 9.29. The van der Waals surface area contributed by atoms with Crippen LogP contribution in [0.1, 0.15) is 59.6 Å². The van der Waals surface area contributed by atoms with Gasteiger partial charge in [-0.15, -0.1) is 0 Å². The lowest BCUT2D eigenvalue weighted by Gasteiger charge is -2.47. The normalized spacial score (nSPS) is 29.1. The molecule has 35 heavy (non-hydrogen) atoms. The zero-order valence-electron chi connectivity index (χ0n) is 20.5. The molecule has 1 fully saturated rings. The van der Waals surface area contributed by atoms with E-state index >= 15 is 0 Å². The lowest BCUT2D eigenvalue weighted by molar-refractivity contribution is -0.683. The van der Waals surface area contributed by atoms with E-state index < -0.39 is 5.72 Å². The number of carbonyl (C=O) groups is 1. The van der Waals surface area contributed by atoms with E-state index in [1.54, 1.807) is 0 Å². The summed E-state index contributed by atoms with van der Waals surface area (Å²) in [6.07, 6.45) is 5.06. The Morgan fingerprint density at radius 1 is 1.14 bits per heavy atom. The van der Waals surface area contributed by atoms with E-state index in [9.17, 15) is 4.79 Å². The summed E-state index contributed by atoms with van der Waals surface area (Å²) in [4.78, 5) is 13.4. The minimum absolute atomic E-state index is 0.0677. The van der Waals surface area contributed by atoms with Crippen LogP contribution >= 0.6 is 0 Å². The molecule has 1 amide bonds. The quantitative estimate of drug-likeness (QED) is 0.472. The average molecular weight is 472 g/mol. The van der Waals surface area contributed by atoms with E-state index in [1.807, 2.05) is 7.11 Å². The maximum atomic E-state index is 13.4. The summed E-state index contributed by atoms with van der Waals surface area (Å²) in [7, 11) is 3.96. The summed E-state index contributed by atoms with van der Waals surface area (Å²) < 4.78 is 18.3. The van der Waals surface area contributed by atoms with Crippen LogP contribution in [0, 0.1) is 0 Å². The molecule has 1 saturated heterocycles. The van der Waals surface area contributed by atoms with Gasteiger partial charge in [0.05, 0.1) is 29.2 Å². The maximum Gasteiger partial charge on any atom is 0.252 e. The Bertz CT molecular complexity index is 1600. The fourth-order valence-corrected chi connectivity index (χ4v) is 8.02. The molecule has 180 valence electrons. The number of methoxy groups -OCH3 is 1. The second-order valence-corrected chi connectivity index (χ2v) is 10.9. The zero-order valence-corrected chi connectivity index (χ0v) is 20.5. The first-order chi connectivity index (χ1) is 17.1. The lowest BCUT2D eigenvalue weighted by Crippen LogP contribution is -2.91. The summed E-state index contributed by atoms with van der Waals surface area (Å²) in [6, 6.07) is 8.86. The van der Waals surface area contributed by atoms with Crippen molar-refractivity contribution in [3.05, 3.63) is 46.6 Å². The van der Waals surface area contributed by atoms with Gasteiger partial charge in [0.1, 0.15) is 12.3 Å². The molecule has 5 heterocycles. The SMILES string of the molecule is C[NH2+][C@@H]1C[C@H]2O[C@@](C)([C@@H]1OC)n1c3ccccc3c3c4c(c5c6c(n2c5c31)CCCC6)C(=O)NC4. The minimum Gasteiger partial charge on any atom is -0.370 e. The van der Waals surface area contributed by atoms with Crippen LogP contribution in [0.4, 0.5) is 0 Å². The Morgan fingerprint density at radius 2 is 1.97 bits per heavy atom. The van der Waals surface area contributed by atoms with Crippen molar-refractivity contribution in [3.63, 3.8) is 0 Å². The van der Waals surface area contributed by atoms with E-state index in [0.29, 0.717) is 6.54 Å². The number of hydrogen-bond acceptors (Lipinski definition) is 3. The molecule has 2 aromatic heterocycles. The predicted octanol–water partition coefficient (Wildman–Crippen LogP) is 3.05. The van der Waals surface area contributed by atoms with Crippen LogP contribution in [0.5, 0.6) is 0 Å². The first-order valence-electron chi connectivity index (χ1n) is 13.0. The number of likely N-dealkylation sites (N-methyl/N-ethyl adjacent to an activating group) is 1. The molecule has 3 aliphatic heterocycles. The van der Waals surface area contributed by atoms with E-state index in [2.05, 4.69) is 58.0 Å².